The van der Waals surface area contributed by atoms with Crippen molar-refractivity contribution < 1.29 is 14.4 Å². The van der Waals surface area contributed by atoms with Gasteiger partial charge in [-0.3, -0.25) is 14.5 Å². The third-order valence-corrected chi connectivity index (χ3v) is 4.62. The van der Waals surface area contributed by atoms with Gasteiger partial charge in [-0.05, 0) is 33.6 Å². The van der Waals surface area contributed by atoms with Crippen LogP contribution >= 0.6 is 0 Å². The van der Waals surface area contributed by atoms with Crippen LogP contribution in [0.1, 0.15) is 44.1 Å². The van der Waals surface area contributed by atoms with E-state index in [1.807, 2.05) is 6.92 Å². The molecule has 1 aromatic rings. The Kier molecular flexibility index (Phi) is 4.06. The van der Waals surface area contributed by atoms with Gasteiger partial charge in [0.15, 0.2) is 0 Å². The van der Waals surface area contributed by atoms with Crippen LogP contribution in [0.4, 0.5) is 4.79 Å². The minimum Gasteiger partial charge on any atom is -0.346 e. The molecule has 0 aliphatic carbocycles. The number of H-pyrrole nitrogens is 1. The predicted octanol–water partition coefficient (Wildman–Crippen LogP) is 0.755. The van der Waals surface area contributed by atoms with Gasteiger partial charge in [-0.25, -0.2) is 9.78 Å². The van der Waals surface area contributed by atoms with Crippen molar-refractivity contribution >= 4 is 17.8 Å². The van der Waals surface area contributed by atoms with Crippen LogP contribution in [0.5, 0.6) is 0 Å². The third kappa shape index (κ3) is 3.00. The first-order valence-electron chi connectivity index (χ1n) is 8.21. The van der Waals surface area contributed by atoms with Crippen molar-refractivity contribution in [3.63, 3.8) is 0 Å². The van der Waals surface area contributed by atoms with Crippen molar-refractivity contribution in [1.82, 2.24) is 25.1 Å². The van der Waals surface area contributed by atoms with Gasteiger partial charge in [0.1, 0.15) is 17.9 Å². The maximum Gasteiger partial charge on any atom is 0.325 e. The molecule has 1 atom stereocenters. The fourth-order valence-corrected chi connectivity index (χ4v) is 3.26. The summed E-state index contributed by atoms with van der Waals surface area (Å²) in [5.74, 6) is 0.484. The second-order valence-electron chi connectivity index (χ2n) is 7.08. The van der Waals surface area contributed by atoms with E-state index in [-0.39, 0.29) is 24.3 Å². The Morgan fingerprint density at radius 1 is 1.42 bits per heavy atom. The van der Waals surface area contributed by atoms with Gasteiger partial charge in [0.2, 0.25) is 5.91 Å². The Morgan fingerprint density at radius 2 is 2.17 bits per heavy atom. The predicted molar refractivity (Wildman–Crippen MR) is 86.2 cm³/mol. The van der Waals surface area contributed by atoms with Crippen LogP contribution in [0, 0.1) is 6.92 Å². The number of aryl methyl sites for hydroxylation is 1. The summed E-state index contributed by atoms with van der Waals surface area (Å²) in [6, 6.07) is -0.506. The molecule has 3 heterocycles. The quantitative estimate of drug-likeness (QED) is 0.798. The van der Waals surface area contributed by atoms with Gasteiger partial charge in [-0.2, -0.15) is 0 Å². The number of rotatable bonds is 3. The molecule has 0 unspecified atom stereocenters. The standard InChI is InChI=1S/C16H23N5O3/c1-10-7-17-13(18-10)11-5-4-6-20(8-11)12(22)9-21-14(23)16(2,3)19-15(21)24/h7,11H,4-6,8-9H2,1-3H3,(H,17,18)(H,19,24)/t11-/m0/s1. The molecule has 1 aromatic heterocycles. The number of imidazole rings is 1. The van der Waals surface area contributed by atoms with Crippen LogP contribution in [0.3, 0.4) is 0 Å². The van der Waals surface area contributed by atoms with E-state index in [1.54, 1.807) is 24.9 Å². The summed E-state index contributed by atoms with van der Waals surface area (Å²) >= 11 is 0. The number of piperidine rings is 1. The fourth-order valence-electron chi connectivity index (χ4n) is 3.26. The number of likely N-dealkylation sites (tertiary alicyclic amines) is 1. The van der Waals surface area contributed by atoms with Gasteiger partial charge in [0, 0.05) is 30.9 Å². The first kappa shape index (κ1) is 16.5. The smallest absolute Gasteiger partial charge is 0.325 e. The number of carbonyl (C=O) groups excluding carboxylic acids is 3. The van der Waals surface area contributed by atoms with E-state index in [4.69, 9.17) is 0 Å². The van der Waals surface area contributed by atoms with Gasteiger partial charge in [0.05, 0.1) is 0 Å². The van der Waals surface area contributed by atoms with E-state index in [9.17, 15) is 14.4 Å². The molecule has 0 radical (unpaired) electrons. The highest BCUT2D eigenvalue weighted by atomic mass is 16.2. The lowest BCUT2D eigenvalue weighted by Gasteiger charge is -2.32. The number of nitrogens with zero attached hydrogens (tertiary/aromatic N) is 3. The van der Waals surface area contributed by atoms with E-state index < -0.39 is 11.6 Å². The first-order chi connectivity index (χ1) is 11.3. The molecule has 2 aliphatic heterocycles. The molecule has 2 N–H and O–H groups in total. The minimum absolute atomic E-state index is 0.163. The number of carbonyl (C=O) groups is 3. The number of urea groups is 1. The highest BCUT2D eigenvalue weighted by molar-refractivity contribution is 6.08. The molecule has 2 aliphatic rings. The lowest BCUT2D eigenvalue weighted by Crippen LogP contribution is -2.47. The summed E-state index contributed by atoms with van der Waals surface area (Å²) in [7, 11) is 0. The Balaban J connectivity index is 1.65. The van der Waals surface area contributed by atoms with E-state index >= 15 is 0 Å². The van der Waals surface area contributed by atoms with E-state index in [2.05, 4.69) is 15.3 Å². The van der Waals surface area contributed by atoms with Crippen molar-refractivity contribution in [2.45, 2.75) is 45.1 Å². The van der Waals surface area contributed by atoms with Gasteiger partial charge in [-0.1, -0.05) is 0 Å². The van der Waals surface area contributed by atoms with Gasteiger partial charge < -0.3 is 15.2 Å². The van der Waals surface area contributed by atoms with Crippen LogP contribution in [-0.4, -0.2) is 62.8 Å². The molecule has 3 rings (SSSR count). The van der Waals surface area contributed by atoms with E-state index in [0.717, 1.165) is 29.3 Å². The summed E-state index contributed by atoms with van der Waals surface area (Å²) in [4.78, 5) is 47.0. The lowest BCUT2D eigenvalue weighted by atomic mass is 9.97. The Labute approximate surface area is 140 Å². The van der Waals surface area contributed by atoms with Crippen molar-refractivity contribution in [2.24, 2.45) is 0 Å². The number of aromatic nitrogens is 2. The van der Waals surface area contributed by atoms with E-state index in [0.29, 0.717) is 13.1 Å². The Bertz CT molecular complexity index is 681. The number of aromatic amines is 1. The summed E-state index contributed by atoms with van der Waals surface area (Å²) in [5, 5.41) is 2.59. The highest BCUT2D eigenvalue weighted by Crippen LogP contribution is 2.25. The first-order valence-corrected chi connectivity index (χ1v) is 8.21. The summed E-state index contributed by atoms with van der Waals surface area (Å²) < 4.78 is 0. The molecule has 2 saturated heterocycles. The molecule has 0 saturated carbocycles. The zero-order chi connectivity index (χ0) is 17.5. The monoisotopic (exact) mass is 333 g/mol. The topological polar surface area (TPSA) is 98.4 Å². The number of nitrogens with one attached hydrogen (secondary N) is 2. The molecule has 2 fully saturated rings. The van der Waals surface area contributed by atoms with Crippen molar-refractivity contribution in [3.05, 3.63) is 17.7 Å². The zero-order valence-electron chi connectivity index (χ0n) is 14.3. The molecule has 8 heteroatoms. The maximum atomic E-state index is 12.6. The zero-order valence-corrected chi connectivity index (χ0v) is 14.3. The fraction of sp³-hybridized carbons (Fsp3) is 0.625. The third-order valence-electron chi connectivity index (χ3n) is 4.62. The Morgan fingerprint density at radius 3 is 2.75 bits per heavy atom. The molecule has 4 amide bonds. The van der Waals surface area contributed by atoms with Gasteiger partial charge in [0.25, 0.3) is 5.91 Å². The summed E-state index contributed by atoms with van der Waals surface area (Å²) in [5.41, 5.74) is 0.0445. The van der Waals surface area contributed by atoms with Crippen LogP contribution < -0.4 is 5.32 Å². The average Bonchev–Trinajstić information content (AvgIpc) is 3.04. The normalized spacial score (nSPS) is 23.5. The Hall–Kier alpha value is -2.38. The SMILES string of the molecule is Cc1cnc([C@H]2CCCN(C(=O)CN3C(=O)NC(C)(C)C3=O)C2)[nH]1. The summed E-state index contributed by atoms with van der Waals surface area (Å²) in [6.07, 6.45) is 3.63. The largest absolute Gasteiger partial charge is 0.346 e. The van der Waals surface area contributed by atoms with Gasteiger partial charge in [-0.15, -0.1) is 0 Å². The van der Waals surface area contributed by atoms with Crippen LogP contribution in [0.15, 0.2) is 6.20 Å². The number of hydrogen-bond acceptors (Lipinski definition) is 4. The van der Waals surface area contributed by atoms with Crippen molar-refractivity contribution in [3.8, 4) is 0 Å². The van der Waals surface area contributed by atoms with Crippen molar-refractivity contribution in [2.75, 3.05) is 19.6 Å². The van der Waals surface area contributed by atoms with E-state index in [1.165, 1.54) is 0 Å². The molecule has 24 heavy (non-hydrogen) atoms. The average molecular weight is 333 g/mol. The minimum atomic E-state index is -0.951. The van der Waals surface area contributed by atoms with Crippen LogP contribution in [0.25, 0.3) is 0 Å². The molecular weight excluding hydrogens is 310 g/mol. The molecule has 0 aromatic carbocycles. The van der Waals surface area contributed by atoms with Gasteiger partial charge >= 0.3 is 6.03 Å². The molecular formula is C16H23N5O3. The number of amides is 4. The van der Waals surface area contributed by atoms with Crippen LogP contribution in [-0.2, 0) is 9.59 Å². The second kappa shape index (κ2) is 5.92. The molecule has 130 valence electrons. The second-order valence-corrected chi connectivity index (χ2v) is 7.08. The molecule has 0 bridgehead atoms. The maximum absolute atomic E-state index is 12.6. The van der Waals surface area contributed by atoms with Crippen molar-refractivity contribution in [1.29, 1.82) is 0 Å². The molecule has 8 nitrogen and oxygen atoms in total. The number of imide groups is 1. The number of hydrogen-bond donors (Lipinski definition) is 2. The lowest BCUT2D eigenvalue weighted by molar-refractivity contribution is -0.139. The highest BCUT2D eigenvalue weighted by Gasteiger charge is 2.45. The van der Waals surface area contributed by atoms with Crippen LogP contribution in [0.2, 0.25) is 0 Å². The molecule has 0 spiro atoms. The summed E-state index contributed by atoms with van der Waals surface area (Å²) in [6.45, 7) is 6.20.